The van der Waals surface area contributed by atoms with E-state index in [4.69, 9.17) is 0 Å². The van der Waals surface area contributed by atoms with Gasteiger partial charge in [-0.1, -0.05) is 25.5 Å². The van der Waals surface area contributed by atoms with Crippen molar-refractivity contribution in [2.75, 3.05) is 44.6 Å². The predicted octanol–water partition coefficient (Wildman–Crippen LogP) is 1.69. The fourth-order valence-electron chi connectivity index (χ4n) is 2.94. The zero-order valence-electron chi connectivity index (χ0n) is 15.6. The van der Waals surface area contributed by atoms with Gasteiger partial charge in [0.1, 0.15) is 5.82 Å². The number of carbonyl (C=O) groups is 2. The van der Waals surface area contributed by atoms with Gasteiger partial charge < -0.3 is 10.6 Å². The van der Waals surface area contributed by atoms with Crippen molar-refractivity contribution in [2.45, 2.75) is 32.7 Å². The number of anilines is 1. The van der Waals surface area contributed by atoms with E-state index in [0.717, 1.165) is 32.5 Å². The van der Waals surface area contributed by atoms with Crippen LogP contribution in [0.3, 0.4) is 0 Å². The van der Waals surface area contributed by atoms with Crippen LogP contribution in [0, 0.1) is 5.82 Å². The Kier molecular flexibility index (Phi) is 8.00. The quantitative estimate of drug-likeness (QED) is 0.689. The van der Waals surface area contributed by atoms with Crippen LogP contribution in [0.4, 0.5) is 10.1 Å². The van der Waals surface area contributed by atoms with Gasteiger partial charge >= 0.3 is 0 Å². The summed E-state index contributed by atoms with van der Waals surface area (Å²) in [5, 5.41) is 5.57. The van der Waals surface area contributed by atoms with Gasteiger partial charge in [-0.25, -0.2) is 4.39 Å². The Bertz CT molecular complexity index is 603. The lowest BCUT2D eigenvalue weighted by Gasteiger charge is -2.37. The highest BCUT2D eigenvalue weighted by atomic mass is 19.1. The molecule has 1 fully saturated rings. The first-order valence-corrected chi connectivity index (χ1v) is 9.29. The molecule has 2 rings (SSSR count). The van der Waals surface area contributed by atoms with E-state index >= 15 is 0 Å². The molecule has 1 heterocycles. The molecule has 7 heteroatoms. The summed E-state index contributed by atoms with van der Waals surface area (Å²) in [6.45, 7) is 7.91. The van der Waals surface area contributed by atoms with E-state index in [9.17, 15) is 14.0 Å². The van der Waals surface area contributed by atoms with Crippen molar-refractivity contribution in [3.63, 3.8) is 0 Å². The van der Waals surface area contributed by atoms with Crippen LogP contribution in [-0.4, -0.2) is 66.9 Å². The third-order valence-electron chi connectivity index (χ3n) is 4.69. The number of nitrogens with one attached hydrogen (secondary N) is 2. The largest absolute Gasteiger partial charge is 0.355 e. The number of nitrogens with zero attached hydrogens (tertiary/aromatic N) is 2. The minimum absolute atomic E-state index is 0.0530. The van der Waals surface area contributed by atoms with Crippen molar-refractivity contribution < 1.29 is 14.0 Å². The Morgan fingerprint density at radius 3 is 2.54 bits per heavy atom. The number of para-hydroxylation sites is 1. The normalized spacial score (nSPS) is 16.9. The van der Waals surface area contributed by atoms with Gasteiger partial charge in [0, 0.05) is 32.7 Å². The molecular weight excluding hydrogens is 335 g/mol. The summed E-state index contributed by atoms with van der Waals surface area (Å²) in [4.78, 5) is 28.4. The first kappa shape index (κ1) is 20.3. The average molecular weight is 364 g/mol. The molecule has 0 spiro atoms. The third kappa shape index (κ3) is 6.07. The van der Waals surface area contributed by atoms with E-state index in [1.54, 1.807) is 18.2 Å². The molecule has 6 nitrogen and oxygen atoms in total. The van der Waals surface area contributed by atoms with E-state index in [1.807, 2.05) is 6.92 Å². The molecule has 144 valence electrons. The maximum absolute atomic E-state index is 13.7. The molecule has 0 aliphatic carbocycles. The Balaban J connectivity index is 1.75. The van der Waals surface area contributed by atoms with Crippen LogP contribution in [0.5, 0.6) is 0 Å². The van der Waals surface area contributed by atoms with Crippen LogP contribution in [0.1, 0.15) is 26.7 Å². The summed E-state index contributed by atoms with van der Waals surface area (Å²) in [6.07, 6.45) is 2.06. The molecule has 0 unspecified atom stereocenters. The summed E-state index contributed by atoms with van der Waals surface area (Å²) in [5.74, 6) is -0.606. The minimum Gasteiger partial charge on any atom is -0.355 e. The van der Waals surface area contributed by atoms with Gasteiger partial charge in [-0.3, -0.25) is 19.4 Å². The van der Waals surface area contributed by atoms with Crippen molar-refractivity contribution in [3.05, 3.63) is 30.1 Å². The Labute approximate surface area is 154 Å². The summed E-state index contributed by atoms with van der Waals surface area (Å²) in [7, 11) is 0. The number of hydrogen-bond donors (Lipinski definition) is 2. The molecule has 1 aromatic rings. The van der Waals surface area contributed by atoms with E-state index in [-0.39, 0.29) is 23.5 Å². The summed E-state index contributed by atoms with van der Waals surface area (Å²) >= 11 is 0. The van der Waals surface area contributed by atoms with Gasteiger partial charge in [0.25, 0.3) is 0 Å². The second-order valence-corrected chi connectivity index (χ2v) is 6.66. The van der Waals surface area contributed by atoms with Gasteiger partial charge in [-0.15, -0.1) is 0 Å². The standard InChI is InChI=1S/C19H29FN4O2/c1-3-4-9-21-18(25)14-23-10-12-24(13-11-23)15(2)19(26)22-17-8-6-5-7-16(17)20/h5-8,15H,3-4,9-14H2,1-2H3,(H,21,25)(H,22,26)/t15-/m1/s1. The number of piperazine rings is 1. The Morgan fingerprint density at radius 1 is 1.19 bits per heavy atom. The van der Waals surface area contributed by atoms with Crippen LogP contribution >= 0.6 is 0 Å². The fraction of sp³-hybridized carbons (Fsp3) is 0.579. The molecule has 1 saturated heterocycles. The van der Waals surface area contributed by atoms with Gasteiger partial charge in [-0.2, -0.15) is 0 Å². The molecule has 2 N–H and O–H groups in total. The number of benzene rings is 1. The molecule has 0 saturated carbocycles. The molecular formula is C19H29FN4O2. The molecule has 1 aromatic carbocycles. The summed E-state index contributed by atoms with van der Waals surface area (Å²) in [5.41, 5.74) is 0.201. The first-order chi connectivity index (χ1) is 12.5. The van der Waals surface area contributed by atoms with Gasteiger partial charge in [0.2, 0.25) is 11.8 Å². The maximum Gasteiger partial charge on any atom is 0.241 e. The monoisotopic (exact) mass is 364 g/mol. The predicted molar refractivity (Wildman–Crippen MR) is 100 cm³/mol. The van der Waals surface area contributed by atoms with Crippen LogP contribution in [0.15, 0.2) is 24.3 Å². The van der Waals surface area contributed by atoms with Crippen LogP contribution in [0.25, 0.3) is 0 Å². The van der Waals surface area contributed by atoms with Crippen LogP contribution in [0.2, 0.25) is 0 Å². The van der Waals surface area contributed by atoms with E-state index in [2.05, 4.69) is 27.4 Å². The second kappa shape index (κ2) is 10.2. The molecule has 0 radical (unpaired) electrons. The molecule has 1 atom stereocenters. The summed E-state index contributed by atoms with van der Waals surface area (Å²) in [6, 6.07) is 5.80. The number of unbranched alkanes of at least 4 members (excludes halogenated alkanes) is 1. The van der Waals surface area contributed by atoms with Crippen molar-refractivity contribution in [3.8, 4) is 0 Å². The van der Waals surface area contributed by atoms with Crippen molar-refractivity contribution in [1.82, 2.24) is 15.1 Å². The van der Waals surface area contributed by atoms with Gasteiger partial charge in [0.05, 0.1) is 18.3 Å². The Morgan fingerprint density at radius 2 is 1.88 bits per heavy atom. The number of rotatable bonds is 8. The molecule has 1 aliphatic rings. The van der Waals surface area contributed by atoms with E-state index < -0.39 is 5.82 Å². The lowest BCUT2D eigenvalue weighted by atomic mass is 10.2. The summed E-state index contributed by atoms with van der Waals surface area (Å²) < 4.78 is 13.7. The van der Waals surface area contributed by atoms with Crippen molar-refractivity contribution in [1.29, 1.82) is 0 Å². The number of amides is 2. The highest BCUT2D eigenvalue weighted by Crippen LogP contribution is 2.14. The third-order valence-corrected chi connectivity index (χ3v) is 4.69. The highest BCUT2D eigenvalue weighted by Gasteiger charge is 2.26. The zero-order valence-corrected chi connectivity index (χ0v) is 15.6. The molecule has 26 heavy (non-hydrogen) atoms. The number of hydrogen-bond acceptors (Lipinski definition) is 4. The maximum atomic E-state index is 13.7. The topological polar surface area (TPSA) is 64.7 Å². The van der Waals surface area contributed by atoms with E-state index in [0.29, 0.717) is 19.6 Å². The SMILES string of the molecule is CCCCNC(=O)CN1CCN([C@H](C)C(=O)Nc2ccccc2F)CC1. The van der Waals surface area contributed by atoms with Gasteiger partial charge in [-0.05, 0) is 25.5 Å². The van der Waals surface area contributed by atoms with E-state index in [1.165, 1.54) is 6.07 Å². The first-order valence-electron chi connectivity index (χ1n) is 9.29. The number of carbonyl (C=O) groups excluding carboxylic acids is 2. The average Bonchev–Trinajstić information content (AvgIpc) is 2.64. The lowest BCUT2D eigenvalue weighted by molar-refractivity contribution is -0.124. The van der Waals surface area contributed by atoms with Gasteiger partial charge in [0.15, 0.2) is 0 Å². The molecule has 0 aromatic heterocycles. The minimum atomic E-state index is -0.438. The smallest absolute Gasteiger partial charge is 0.241 e. The van der Waals surface area contributed by atoms with Crippen molar-refractivity contribution in [2.24, 2.45) is 0 Å². The number of halogens is 1. The highest BCUT2D eigenvalue weighted by molar-refractivity contribution is 5.94. The lowest BCUT2D eigenvalue weighted by Crippen LogP contribution is -2.54. The zero-order chi connectivity index (χ0) is 18.9. The van der Waals surface area contributed by atoms with Crippen molar-refractivity contribution >= 4 is 17.5 Å². The van der Waals surface area contributed by atoms with Crippen LogP contribution in [-0.2, 0) is 9.59 Å². The Hall–Kier alpha value is -1.99. The fourth-order valence-corrected chi connectivity index (χ4v) is 2.94. The molecule has 0 bridgehead atoms. The second-order valence-electron chi connectivity index (χ2n) is 6.66. The molecule has 1 aliphatic heterocycles. The molecule has 2 amide bonds. The van der Waals surface area contributed by atoms with Crippen LogP contribution < -0.4 is 10.6 Å².